The summed E-state index contributed by atoms with van der Waals surface area (Å²) in [6.07, 6.45) is 0.555. The molecule has 1 aromatic carbocycles. The van der Waals surface area contributed by atoms with Crippen LogP contribution in [0.2, 0.25) is 0 Å². The highest BCUT2D eigenvalue weighted by Crippen LogP contribution is 2.28. The fourth-order valence-electron chi connectivity index (χ4n) is 1.43. The minimum absolute atomic E-state index is 0.295. The predicted molar refractivity (Wildman–Crippen MR) is 65.8 cm³/mol. The van der Waals surface area contributed by atoms with Crippen molar-refractivity contribution in [3.63, 3.8) is 0 Å². The Hall–Kier alpha value is -2.68. The van der Waals surface area contributed by atoms with Crippen molar-refractivity contribution in [2.75, 3.05) is 0 Å². The van der Waals surface area contributed by atoms with Crippen molar-refractivity contribution in [3.8, 4) is 11.5 Å². The Kier molecular flexibility index (Phi) is 3.28. The molecule has 0 radical (unpaired) electrons. The SMILES string of the molecule is O=C(O)C1=C(C(=O)Oc2ccccc2O)S(=O)(=O)N=C1. The molecule has 0 amide bonds. The van der Waals surface area contributed by atoms with Crippen LogP contribution >= 0.6 is 0 Å². The van der Waals surface area contributed by atoms with Crippen LogP contribution in [0.5, 0.6) is 11.5 Å². The second-order valence-electron chi connectivity index (χ2n) is 3.61. The molecule has 9 heteroatoms. The lowest BCUT2D eigenvalue weighted by molar-refractivity contribution is -0.133. The quantitative estimate of drug-likeness (QED) is 0.595. The molecule has 0 aliphatic carbocycles. The van der Waals surface area contributed by atoms with Crippen LogP contribution in [0.15, 0.2) is 39.1 Å². The van der Waals surface area contributed by atoms with Gasteiger partial charge in [0.25, 0.3) is 10.0 Å². The van der Waals surface area contributed by atoms with E-state index in [9.17, 15) is 23.1 Å². The van der Waals surface area contributed by atoms with E-state index in [1.807, 2.05) is 0 Å². The van der Waals surface area contributed by atoms with Crippen LogP contribution in [-0.4, -0.2) is 36.8 Å². The number of rotatable bonds is 3. The Morgan fingerprint density at radius 2 is 1.85 bits per heavy atom. The second-order valence-corrected chi connectivity index (χ2v) is 5.18. The smallest absolute Gasteiger partial charge is 0.358 e. The van der Waals surface area contributed by atoms with Crippen LogP contribution in [0.4, 0.5) is 0 Å². The first-order valence-corrected chi connectivity index (χ1v) is 6.55. The van der Waals surface area contributed by atoms with Gasteiger partial charge < -0.3 is 14.9 Å². The van der Waals surface area contributed by atoms with Crippen molar-refractivity contribution < 1.29 is 33.0 Å². The summed E-state index contributed by atoms with van der Waals surface area (Å²) in [7, 11) is -4.40. The Bertz CT molecular complexity index is 761. The molecule has 0 atom stereocenters. The zero-order valence-corrected chi connectivity index (χ0v) is 10.5. The molecule has 1 aromatic rings. The zero-order chi connectivity index (χ0) is 14.9. The third kappa shape index (κ3) is 2.38. The third-order valence-electron chi connectivity index (χ3n) is 2.31. The van der Waals surface area contributed by atoms with Crippen molar-refractivity contribution >= 4 is 28.2 Å². The van der Waals surface area contributed by atoms with E-state index >= 15 is 0 Å². The predicted octanol–water partition coefficient (Wildman–Crippen LogP) is 0.0505. The number of aromatic hydroxyl groups is 1. The summed E-state index contributed by atoms with van der Waals surface area (Å²) >= 11 is 0. The highest BCUT2D eigenvalue weighted by atomic mass is 32.2. The largest absolute Gasteiger partial charge is 0.504 e. The van der Waals surface area contributed by atoms with Crippen LogP contribution in [0.1, 0.15) is 0 Å². The number of carboxylic acid groups (broad SMARTS) is 1. The molecule has 104 valence electrons. The average molecular weight is 297 g/mol. The fraction of sp³-hybridized carbons (Fsp3) is 0. The summed E-state index contributed by atoms with van der Waals surface area (Å²) < 4.78 is 30.7. The number of esters is 1. The maximum Gasteiger partial charge on any atom is 0.358 e. The molecule has 1 heterocycles. The first kappa shape index (κ1) is 13.7. The highest BCUT2D eigenvalue weighted by Gasteiger charge is 2.37. The molecule has 0 spiro atoms. The monoisotopic (exact) mass is 297 g/mol. The average Bonchev–Trinajstić information content (AvgIpc) is 2.68. The van der Waals surface area contributed by atoms with E-state index in [-0.39, 0.29) is 5.75 Å². The second kappa shape index (κ2) is 4.78. The van der Waals surface area contributed by atoms with E-state index in [1.165, 1.54) is 24.3 Å². The van der Waals surface area contributed by atoms with E-state index < -0.39 is 38.2 Å². The number of phenolic OH excluding ortho intramolecular Hbond substituents is 1. The molecule has 2 N–H and O–H groups in total. The Morgan fingerprint density at radius 1 is 1.20 bits per heavy atom. The molecule has 0 saturated heterocycles. The molecule has 0 unspecified atom stereocenters. The molecule has 0 saturated carbocycles. The molecule has 8 nitrogen and oxygen atoms in total. The maximum atomic E-state index is 11.8. The van der Waals surface area contributed by atoms with Gasteiger partial charge in [-0.1, -0.05) is 12.1 Å². The van der Waals surface area contributed by atoms with Crippen LogP contribution in [0, 0.1) is 0 Å². The highest BCUT2D eigenvalue weighted by molar-refractivity contribution is 7.95. The summed E-state index contributed by atoms with van der Waals surface area (Å²) in [6.45, 7) is 0. The molecule has 1 aliphatic heterocycles. The fourth-order valence-corrected chi connectivity index (χ4v) is 2.45. The molecular formula is C11H7NO7S. The van der Waals surface area contributed by atoms with Crippen LogP contribution in [0.3, 0.4) is 0 Å². The van der Waals surface area contributed by atoms with Gasteiger partial charge in [0.15, 0.2) is 16.4 Å². The van der Waals surface area contributed by atoms with Gasteiger partial charge in [-0.25, -0.2) is 9.59 Å². The summed E-state index contributed by atoms with van der Waals surface area (Å²) in [6, 6.07) is 5.34. The summed E-state index contributed by atoms with van der Waals surface area (Å²) in [5.41, 5.74) is -0.787. The maximum absolute atomic E-state index is 11.8. The first-order chi connectivity index (χ1) is 9.33. The van der Waals surface area contributed by atoms with Gasteiger partial charge in [0, 0.05) is 0 Å². The van der Waals surface area contributed by atoms with Crippen molar-refractivity contribution in [1.82, 2.24) is 0 Å². The number of hydrogen-bond acceptors (Lipinski definition) is 6. The molecule has 2 rings (SSSR count). The first-order valence-electron chi connectivity index (χ1n) is 5.11. The van der Waals surface area contributed by atoms with Crippen molar-refractivity contribution in [2.45, 2.75) is 0 Å². The van der Waals surface area contributed by atoms with E-state index in [0.717, 1.165) is 0 Å². The van der Waals surface area contributed by atoms with Crippen molar-refractivity contribution in [3.05, 3.63) is 34.7 Å². The summed E-state index contributed by atoms with van der Waals surface area (Å²) in [5, 5.41) is 18.2. The Morgan fingerprint density at radius 3 is 2.45 bits per heavy atom. The number of hydrogen-bond donors (Lipinski definition) is 2. The normalized spacial score (nSPS) is 16.2. The zero-order valence-electron chi connectivity index (χ0n) is 9.68. The van der Waals surface area contributed by atoms with Gasteiger partial charge in [0.05, 0.1) is 6.21 Å². The van der Waals surface area contributed by atoms with Crippen LogP contribution in [-0.2, 0) is 19.6 Å². The van der Waals surface area contributed by atoms with Gasteiger partial charge in [0.2, 0.25) is 0 Å². The topological polar surface area (TPSA) is 130 Å². The number of benzene rings is 1. The number of phenols is 1. The summed E-state index contributed by atoms with van der Waals surface area (Å²) in [4.78, 5) is 21.6. The molecule has 0 bridgehead atoms. The van der Waals surface area contributed by atoms with Crippen LogP contribution < -0.4 is 4.74 Å². The molecule has 1 aliphatic rings. The van der Waals surface area contributed by atoms with Gasteiger partial charge >= 0.3 is 11.9 Å². The minimum atomic E-state index is -4.40. The van der Waals surface area contributed by atoms with Gasteiger partial charge in [-0.05, 0) is 12.1 Å². The third-order valence-corrected chi connectivity index (χ3v) is 3.59. The van der Waals surface area contributed by atoms with Gasteiger partial charge in [-0.2, -0.15) is 12.8 Å². The van der Waals surface area contributed by atoms with Gasteiger partial charge in [-0.3, -0.25) is 0 Å². The Labute approximate surface area is 112 Å². The van der Waals surface area contributed by atoms with E-state index in [4.69, 9.17) is 5.11 Å². The lowest BCUT2D eigenvalue weighted by atomic mass is 10.2. The lowest BCUT2D eigenvalue weighted by Crippen LogP contribution is -2.19. The Balaban J connectivity index is 2.41. The number of ether oxygens (including phenoxy) is 1. The van der Waals surface area contributed by atoms with E-state index in [0.29, 0.717) is 6.21 Å². The summed E-state index contributed by atoms with van der Waals surface area (Å²) in [5.74, 6) is -3.74. The molecule has 0 aromatic heterocycles. The van der Waals surface area contributed by atoms with Crippen molar-refractivity contribution in [1.29, 1.82) is 0 Å². The van der Waals surface area contributed by atoms with E-state index in [2.05, 4.69) is 9.13 Å². The number of aliphatic carboxylic acids is 1. The van der Waals surface area contributed by atoms with Crippen LogP contribution in [0.25, 0.3) is 0 Å². The standard InChI is InChI=1S/C11H7NO7S/c13-7-3-1-2-4-8(7)19-11(16)9-6(10(14)15)5-12-20(9,17)18/h1-5,13H,(H,14,15). The molecular weight excluding hydrogens is 290 g/mol. The molecule has 20 heavy (non-hydrogen) atoms. The number of sulfonamides is 1. The minimum Gasteiger partial charge on any atom is -0.504 e. The number of carboxylic acids is 1. The lowest BCUT2D eigenvalue weighted by Gasteiger charge is -2.06. The number of carbonyl (C=O) groups excluding carboxylic acids is 1. The number of carbonyl (C=O) groups is 2. The van der Waals surface area contributed by atoms with Gasteiger partial charge in [-0.15, -0.1) is 0 Å². The number of nitrogens with zero attached hydrogens (tertiary/aromatic N) is 1. The number of para-hydroxylation sites is 2. The molecule has 0 fully saturated rings. The van der Waals surface area contributed by atoms with Gasteiger partial charge in [0.1, 0.15) is 5.57 Å². The van der Waals surface area contributed by atoms with Crippen molar-refractivity contribution in [2.24, 2.45) is 4.40 Å². The van der Waals surface area contributed by atoms with E-state index in [1.54, 1.807) is 0 Å².